The maximum Gasteiger partial charge on any atom is 0.0474 e. The van der Waals surface area contributed by atoms with Gasteiger partial charge in [-0.25, -0.2) is 0 Å². The molecule has 1 aliphatic rings. The quantitative estimate of drug-likeness (QED) is 0.602. The Morgan fingerprint density at radius 3 is 2.70 bits per heavy atom. The number of aliphatic hydroxyl groups excluding tert-OH is 1. The fourth-order valence-corrected chi connectivity index (χ4v) is 1.36. The van der Waals surface area contributed by atoms with Crippen molar-refractivity contribution in [2.75, 3.05) is 13.2 Å². The summed E-state index contributed by atoms with van der Waals surface area (Å²) in [5.74, 6) is 0.499. The zero-order chi connectivity index (χ0) is 6.69. The van der Waals surface area contributed by atoms with Gasteiger partial charge >= 0.3 is 0 Å². The van der Waals surface area contributed by atoms with E-state index in [1.165, 1.54) is 12.8 Å². The fraction of sp³-hybridized carbons (Fsp3) is 1.00. The van der Waals surface area contributed by atoms with Crippen LogP contribution in [0.25, 0.3) is 0 Å². The second kappa shape index (κ2) is 4.94. The Balaban J connectivity index is 0.000000810. The molecule has 2 nitrogen and oxygen atoms in total. The van der Waals surface area contributed by atoms with Crippen LogP contribution in [0.2, 0.25) is 0 Å². The van der Waals surface area contributed by atoms with Crippen molar-refractivity contribution in [1.29, 1.82) is 0 Å². The van der Waals surface area contributed by atoms with E-state index in [-0.39, 0.29) is 12.4 Å². The summed E-state index contributed by atoms with van der Waals surface area (Å²) in [6.07, 6.45) is 2.40. The standard InChI is InChI=1S/C7H15NO.ClH/c1-6-7(5-9)3-2-4-8-6;/h6-9H,2-5H2,1H3;1H. The largest absolute Gasteiger partial charge is 0.396 e. The first-order valence-corrected chi connectivity index (χ1v) is 3.69. The molecular formula is C7H16ClNO. The maximum absolute atomic E-state index is 8.82. The lowest BCUT2D eigenvalue weighted by Gasteiger charge is -2.27. The van der Waals surface area contributed by atoms with E-state index in [0.29, 0.717) is 18.6 Å². The Morgan fingerprint density at radius 2 is 2.30 bits per heavy atom. The van der Waals surface area contributed by atoms with Crippen molar-refractivity contribution in [3.8, 4) is 0 Å². The molecule has 2 unspecified atom stereocenters. The Kier molecular flexibility index (Phi) is 5.04. The van der Waals surface area contributed by atoms with Gasteiger partial charge in [-0.3, -0.25) is 0 Å². The molecule has 0 saturated carbocycles. The van der Waals surface area contributed by atoms with Crippen molar-refractivity contribution in [2.24, 2.45) is 5.92 Å². The highest BCUT2D eigenvalue weighted by Gasteiger charge is 2.18. The van der Waals surface area contributed by atoms with Gasteiger partial charge in [0.05, 0.1) is 0 Å². The summed E-state index contributed by atoms with van der Waals surface area (Å²) < 4.78 is 0. The first-order chi connectivity index (χ1) is 4.34. The number of piperidine rings is 1. The van der Waals surface area contributed by atoms with Gasteiger partial charge in [0.15, 0.2) is 0 Å². The number of rotatable bonds is 1. The molecule has 0 bridgehead atoms. The van der Waals surface area contributed by atoms with Crippen molar-refractivity contribution in [3.63, 3.8) is 0 Å². The van der Waals surface area contributed by atoms with Gasteiger partial charge in [0.25, 0.3) is 0 Å². The highest BCUT2D eigenvalue weighted by Crippen LogP contribution is 2.14. The minimum atomic E-state index is 0. The van der Waals surface area contributed by atoms with E-state index < -0.39 is 0 Å². The normalized spacial score (nSPS) is 33.0. The molecule has 62 valence electrons. The maximum atomic E-state index is 8.82. The summed E-state index contributed by atoms with van der Waals surface area (Å²) in [4.78, 5) is 0. The predicted molar refractivity (Wildman–Crippen MR) is 44.5 cm³/mol. The van der Waals surface area contributed by atoms with Gasteiger partial charge in [0.1, 0.15) is 0 Å². The summed E-state index contributed by atoms with van der Waals surface area (Å²) in [5, 5.41) is 12.1. The molecular weight excluding hydrogens is 150 g/mol. The molecule has 0 aliphatic carbocycles. The molecule has 0 aromatic carbocycles. The SMILES string of the molecule is CC1NCCCC1CO.Cl. The van der Waals surface area contributed by atoms with E-state index in [9.17, 15) is 0 Å². The molecule has 2 atom stereocenters. The topological polar surface area (TPSA) is 32.3 Å². The zero-order valence-electron chi connectivity index (χ0n) is 6.34. The summed E-state index contributed by atoms with van der Waals surface area (Å²) in [6.45, 7) is 3.60. The summed E-state index contributed by atoms with van der Waals surface area (Å²) in [7, 11) is 0. The summed E-state index contributed by atoms with van der Waals surface area (Å²) >= 11 is 0. The van der Waals surface area contributed by atoms with Gasteiger partial charge < -0.3 is 10.4 Å². The van der Waals surface area contributed by atoms with Crippen LogP contribution >= 0.6 is 12.4 Å². The van der Waals surface area contributed by atoms with Crippen LogP contribution in [-0.4, -0.2) is 24.3 Å². The second-order valence-electron chi connectivity index (χ2n) is 2.83. The van der Waals surface area contributed by atoms with Crippen LogP contribution in [0.5, 0.6) is 0 Å². The van der Waals surface area contributed by atoms with Gasteiger partial charge in [-0.05, 0) is 32.2 Å². The highest BCUT2D eigenvalue weighted by molar-refractivity contribution is 5.85. The van der Waals surface area contributed by atoms with Crippen molar-refractivity contribution in [2.45, 2.75) is 25.8 Å². The van der Waals surface area contributed by atoms with Crippen LogP contribution in [0, 0.1) is 5.92 Å². The fourth-order valence-electron chi connectivity index (χ4n) is 1.36. The third-order valence-corrected chi connectivity index (χ3v) is 2.16. The van der Waals surface area contributed by atoms with E-state index in [1.807, 2.05) is 0 Å². The molecule has 3 heteroatoms. The van der Waals surface area contributed by atoms with Gasteiger partial charge in [-0.1, -0.05) is 0 Å². The number of hydrogen-bond acceptors (Lipinski definition) is 2. The average Bonchev–Trinajstić information content (AvgIpc) is 1.89. The molecule has 1 fully saturated rings. The lowest BCUT2D eigenvalue weighted by atomic mass is 9.93. The van der Waals surface area contributed by atoms with E-state index >= 15 is 0 Å². The molecule has 10 heavy (non-hydrogen) atoms. The van der Waals surface area contributed by atoms with Crippen LogP contribution in [0.3, 0.4) is 0 Å². The summed E-state index contributed by atoms with van der Waals surface area (Å²) in [6, 6.07) is 0.517. The Labute approximate surface area is 68.4 Å². The summed E-state index contributed by atoms with van der Waals surface area (Å²) in [5.41, 5.74) is 0. The Bertz CT molecular complexity index is 89.7. The Hall–Kier alpha value is 0.210. The molecule has 0 spiro atoms. The van der Waals surface area contributed by atoms with Crippen LogP contribution in [0.4, 0.5) is 0 Å². The molecule has 1 saturated heterocycles. The number of halogens is 1. The van der Waals surface area contributed by atoms with Gasteiger partial charge in [-0.2, -0.15) is 0 Å². The minimum absolute atomic E-state index is 0. The van der Waals surface area contributed by atoms with E-state index in [1.54, 1.807) is 0 Å². The molecule has 0 amide bonds. The van der Waals surface area contributed by atoms with Gasteiger partial charge in [0.2, 0.25) is 0 Å². The third kappa shape index (κ3) is 2.45. The monoisotopic (exact) mass is 165 g/mol. The van der Waals surface area contributed by atoms with Gasteiger partial charge in [0, 0.05) is 12.6 Å². The van der Waals surface area contributed by atoms with Crippen LogP contribution in [0.1, 0.15) is 19.8 Å². The van der Waals surface area contributed by atoms with Crippen molar-refractivity contribution in [3.05, 3.63) is 0 Å². The molecule has 1 heterocycles. The lowest BCUT2D eigenvalue weighted by Crippen LogP contribution is -2.40. The lowest BCUT2D eigenvalue weighted by molar-refractivity contribution is 0.167. The average molecular weight is 166 g/mol. The van der Waals surface area contributed by atoms with E-state index in [4.69, 9.17) is 5.11 Å². The van der Waals surface area contributed by atoms with Crippen molar-refractivity contribution < 1.29 is 5.11 Å². The van der Waals surface area contributed by atoms with Crippen LogP contribution < -0.4 is 5.32 Å². The minimum Gasteiger partial charge on any atom is -0.396 e. The zero-order valence-corrected chi connectivity index (χ0v) is 7.16. The number of hydrogen-bond donors (Lipinski definition) is 2. The molecule has 1 aliphatic heterocycles. The molecule has 2 N–H and O–H groups in total. The number of aliphatic hydroxyl groups is 1. The predicted octanol–water partition coefficient (Wildman–Crippen LogP) is 0.789. The van der Waals surface area contributed by atoms with Crippen molar-refractivity contribution >= 4 is 12.4 Å². The molecule has 0 radical (unpaired) electrons. The first-order valence-electron chi connectivity index (χ1n) is 3.69. The molecule has 0 aromatic heterocycles. The van der Waals surface area contributed by atoms with Crippen LogP contribution in [-0.2, 0) is 0 Å². The second-order valence-corrected chi connectivity index (χ2v) is 2.83. The van der Waals surface area contributed by atoms with Gasteiger partial charge in [-0.15, -0.1) is 12.4 Å². The Morgan fingerprint density at radius 1 is 1.60 bits per heavy atom. The molecule has 1 rings (SSSR count). The van der Waals surface area contributed by atoms with Crippen LogP contribution in [0.15, 0.2) is 0 Å². The first kappa shape index (κ1) is 10.2. The van der Waals surface area contributed by atoms with E-state index in [2.05, 4.69) is 12.2 Å². The molecule has 0 aromatic rings. The van der Waals surface area contributed by atoms with E-state index in [0.717, 1.165) is 6.54 Å². The number of nitrogens with one attached hydrogen (secondary N) is 1. The smallest absolute Gasteiger partial charge is 0.0474 e. The third-order valence-electron chi connectivity index (χ3n) is 2.16. The van der Waals surface area contributed by atoms with Crippen molar-refractivity contribution in [1.82, 2.24) is 5.32 Å². The highest BCUT2D eigenvalue weighted by atomic mass is 35.5.